The van der Waals surface area contributed by atoms with Gasteiger partial charge in [0.2, 0.25) is 0 Å². The zero-order chi connectivity index (χ0) is 16.1. The Bertz CT molecular complexity index is 187. The summed E-state index contributed by atoms with van der Waals surface area (Å²) in [6.45, 7) is 16.3. The van der Waals surface area contributed by atoms with E-state index in [1.54, 1.807) is 0 Å². The summed E-state index contributed by atoms with van der Waals surface area (Å²) in [6, 6.07) is 0.288. The molecule has 1 saturated heterocycles. The first-order valence-electron chi connectivity index (χ1n) is 8.54. The predicted molar refractivity (Wildman–Crippen MR) is 91.3 cm³/mol. The second-order valence-electron chi connectivity index (χ2n) is 5.68. The van der Waals surface area contributed by atoms with Gasteiger partial charge in [-0.25, -0.2) is 0 Å². The van der Waals surface area contributed by atoms with Gasteiger partial charge in [0.05, 0.1) is 6.61 Å². The van der Waals surface area contributed by atoms with Gasteiger partial charge in [0.1, 0.15) is 0 Å². The van der Waals surface area contributed by atoms with E-state index in [0.717, 1.165) is 18.4 Å². The largest absolute Gasteiger partial charge is 0.395 e. The van der Waals surface area contributed by atoms with E-state index in [1.165, 1.54) is 25.9 Å². The van der Waals surface area contributed by atoms with Crippen LogP contribution in [-0.2, 0) is 0 Å². The highest BCUT2D eigenvalue weighted by molar-refractivity contribution is 4.78. The first kappa shape index (κ1) is 22.2. The van der Waals surface area contributed by atoms with Crippen LogP contribution in [0.3, 0.4) is 0 Å². The summed E-state index contributed by atoms with van der Waals surface area (Å²) in [6.07, 6.45) is 2.65. The van der Waals surface area contributed by atoms with E-state index in [9.17, 15) is 5.11 Å². The molecule has 20 heavy (non-hydrogen) atoms. The summed E-state index contributed by atoms with van der Waals surface area (Å²) in [5, 5.41) is 9.30. The van der Waals surface area contributed by atoms with Crippen molar-refractivity contribution in [1.29, 1.82) is 0 Å². The molecule has 0 spiro atoms. The smallest absolute Gasteiger partial charge is 0.0599 e. The molecule has 1 aliphatic heterocycles. The molecule has 1 aliphatic rings. The Hall–Kier alpha value is -0.120. The average molecular weight is 289 g/mol. The van der Waals surface area contributed by atoms with Gasteiger partial charge in [-0.1, -0.05) is 41.5 Å². The molecule has 0 aromatic rings. The van der Waals surface area contributed by atoms with Gasteiger partial charge in [-0.15, -0.1) is 0 Å². The van der Waals surface area contributed by atoms with Gasteiger partial charge in [-0.2, -0.15) is 0 Å². The lowest BCUT2D eigenvalue weighted by Crippen LogP contribution is -2.45. The van der Waals surface area contributed by atoms with Crippen molar-refractivity contribution in [3.05, 3.63) is 0 Å². The maximum absolute atomic E-state index is 9.30. The minimum Gasteiger partial charge on any atom is -0.395 e. The normalized spacial score (nSPS) is 18.1. The van der Waals surface area contributed by atoms with Crippen LogP contribution in [0.15, 0.2) is 0 Å². The molecule has 0 saturated carbocycles. The predicted octanol–water partition coefficient (Wildman–Crippen LogP) is 3.33. The summed E-state index contributed by atoms with van der Waals surface area (Å²) in [4.78, 5) is 4.62. The van der Waals surface area contributed by atoms with E-state index in [1.807, 2.05) is 41.8 Å². The zero-order valence-corrected chi connectivity index (χ0v) is 15.3. The number of aliphatic hydroxyl groups excluding tert-OH is 1. The second kappa shape index (κ2) is 13.8. The third-order valence-corrected chi connectivity index (χ3v) is 3.99. The van der Waals surface area contributed by atoms with Gasteiger partial charge >= 0.3 is 0 Å². The lowest BCUT2D eigenvalue weighted by molar-refractivity contribution is 0.0921. The van der Waals surface area contributed by atoms with Crippen LogP contribution < -0.4 is 0 Å². The van der Waals surface area contributed by atoms with Gasteiger partial charge in [0.25, 0.3) is 0 Å². The molecule has 124 valence electrons. The fraction of sp³-hybridized carbons (Fsp3) is 1.00. The summed E-state index contributed by atoms with van der Waals surface area (Å²) in [7, 11) is 4.09. The number of likely N-dealkylation sites (tertiary alicyclic amines) is 1. The van der Waals surface area contributed by atoms with Crippen LogP contribution in [0, 0.1) is 11.8 Å². The molecule has 0 aliphatic carbocycles. The van der Waals surface area contributed by atoms with Crippen molar-refractivity contribution in [2.45, 2.75) is 60.4 Å². The Labute approximate surface area is 128 Å². The minimum atomic E-state index is 0.261. The van der Waals surface area contributed by atoms with Crippen LogP contribution in [0.1, 0.15) is 54.4 Å². The monoisotopic (exact) mass is 288 g/mol. The number of nitrogens with zero attached hydrogens (tertiary/aromatic N) is 2. The molecule has 0 amide bonds. The average Bonchev–Trinajstić information content (AvgIpc) is 2.49. The molecule has 3 heteroatoms. The molecule has 1 atom stereocenters. The second-order valence-corrected chi connectivity index (χ2v) is 5.68. The van der Waals surface area contributed by atoms with Gasteiger partial charge in [0, 0.05) is 12.6 Å². The van der Waals surface area contributed by atoms with Crippen molar-refractivity contribution in [1.82, 2.24) is 9.80 Å². The molecule has 3 nitrogen and oxygen atoms in total. The lowest BCUT2D eigenvalue weighted by Gasteiger charge is -2.36. The highest BCUT2D eigenvalue weighted by Crippen LogP contribution is 2.24. The van der Waals surface area contributed by atoms with Gasteiger partial charge in [-0.3, -0.25) is 0 Å². The molecule has 0 aromatic heterocycles. The Morgan fingerprint density at radius 1 is 1.05 bits per heavy atom. The van der Waals surface area contributed by atoms with Crippen LogP contribution >= 0.6 is 0 Å². The van der Waals surface area contributed by atoms with Crippen molar-refractivity contribution in [2.24, 2.45) is 11.8 Å². The van der Waals surface area contributed by atoms with Crippen LogP contribution in [0.2, 0.25) is 0 Å². The van der Waals surface area contributed by atoms with Gasteiger partial charge in [-0.05, 0) is 51.9 Å². The maximum atomic E-state index is 9.30. The van der Waals surface area contributed by atoms with Crippen LogP contribution in [0.4, 0.5) is 0 Å². The van der Waals surface area contributed by atoms with Crippen LogP contribution in [0.25, 0.3) is 0 Å². The quantitative estimate of drug-likeness (QED) is 0.840. The Morgan fingerprint density at radius 3 is 1.80 bits per heavy atom. The molecule has 0 aromatic carbocycles. The topological polar surface area (TPSA) is 26.7 Å². The first-order valence-corrected chi connectivity index (χ1v) is 8.54. The van der Waals surface area contributed by atoms with E-state index in [4.69, 9.17) is 0 Å². The van der Waals surface area contributed by atoms with Crippen molar-refractivity contribution < 1.29 is 5.11 Å². The molecule has 1 fully saturated rings. The zero-order valence-electron chi connectivity index (χ0n) is 15.3. The highest BCUT2D eigenvalue weighted by Gasteiger charge is 2.23. The van der Waals surface area contributed by atoms with Crippen molar-refractivity contribution in [3.8, 4) is 0 Å². The molecule has 1 heterocycles. The fourth-order valence-corrected chi connectivity index (χ4v) is 2.48. The number of likely N-dealkylation sites (N-methyl/N-ethyl adjacent to an activating group) is 1. The standard InChI is InChI=1S/C13H28N2O.2C2H6/c1-11(2)12-5-7-15(8-6-12)9-13(10-16)14(3)4;2*1-2/h11-13,16H,5-10H2,1-4H3;2*1-2H3. The van der Waals surface area contributed by atoms with E-state index in [2.05, 4.69) is 23.6 Å². The van der Waals surface area contributed by atoms with Crippen molar-refractivity contribution in [3.63, 3.8) is 0 Å². The third-order valence-electron chi connectivity index (χ3n) is 3.99. The van der Waals surface area contributed by atoms with Gasteiger partial charge < -0.3 is 14.9 Å². The van der Waals surface area contributed by atoms with Crippen molar-refractivity contribution >= 4 is 0 Å². The Balaban J connectivity index is 0. The molecular formula is C17H40N2O. The lowest BCUT2D eigenvalue weighted by atomic mass is 9.86. The van der Waals surface area contributed by atoms with E-state index in [-0.39, 0.29) is 12.6 Å². The molecule has 0 radical (unpaired) electrons. The van der Waals surface area contributed by atoms with Crippen LogP contribution in [-0.4, -0.2) is 61.3 Å². The first-order chi connectivity index (χ1) is 9.54. The summed E-state index contributed by atoms with van der Waals surface area (Å²) < 4.78 is 0. The van der Waals surface area contributed by atoms with Crippen LogP contribution in [0.5, 0.6) is 0 Å². The molecule has 1 unspecified atom stereocenters. The summed E-state index contributed by atoms with van der Waals surface area (Å²) in [5.41, 5.74) is 0. The summed E-state index contributed by atoms with van der Waals surface area (Å²) in [5.74, 6) is 1.73. The number of hydrogen-bond donors (Lipinski definition) is 1. The SMILES string of the molecule is CC.CC.CC(C)C1CCN(CC(CO)N(C)C)CC1. The van der Waals surface area contributed by atoms with E-state index < -0.39 is 0 Å². The van der Waals surface area contributed by atoms with Gasteiger partial charge in [0.15, 0.2) is 0 Å². The Kier molecular flexibility index (Phi) is 15.3. The molecular weight excluding hydrogens is 248 g/mol. The highest BCUT2D eigenvalue weighted by atomic mass is 16.3. The maximum Gasteiger partial charge on any atom is 0.0599 e. The number of rotatable bonds is 5. The number of hydrogen-bond acceptors (Lipinski definition) is 3. The number of aliphatic hydroxyl groups is 1. The number of piperidine rings is 1. The molecule has 1 N–H and O–H groups in total. The fourth-order valence-electron chi connectivity index (χ4n) is 2.48. The van der Waals surface area contributed by atoms with E-state index in [0.29, 0.717) is 0 Å². The summed E-state index contributed by atoms with van der Waals surface area (Å²) >= 11 is 0. The van der Waals surface area contributed by atoms with E-state index >= 15 is 0 Å². The third kappa shape index (κ3) is 8.93. The Morgan fingerprint density at radius 2 is 1.50 bits per heavy atom. The molecule has 1 rings (SSSR count). The van der Waals surface area contributed by atoms with Crippen molar-refractivity contribution in [2.75, 3.05) is 40.3 Å². The minimum absolute atomic E-state index is 0.261. The molecule has 0 bridgehead atoms.